The number of anilines is 1. The van der Waals surface area contributed by atoms with E-state index in [1.807, 2.05) is 41.3 Å². The first-order valence-electron chi connectivity index (χ1n) is 6.14. The van der Waals surface area contributed by atoms with Gasteiger partial charge in [0.25, 0.3) is 0 Å². The third-order valence-electron chi connectivity index (χ3n) is 2.92. The lowest BCUT2D eigenvalue weighted by molar-refractivity contribution is 0.468. The van der Waals surface area contributed by atoms with Crippen LogP contribution in [0.4, 0.5) is 5.69 Å². The summed E-state index contributed by atoms with van der Waals surface area (Å²) in [6, 6.07) is 14.7. The number of phenolic OH excluding ortho intramolecular Hbond substituents is 1. The molecule has 20 heavy (non-hydrogen) atoms. The van der Waals surface area contributed by atoms with Crippen LogP contribution >= 0.6 is 23.8 Å². The Morgan fingerprint density at radius 2 is 1.85 bits per heavy atom. The molecule has 5 heteroatoms. The van der Waals surface area contributed by atoms with Crippen molar-refractivity contribution < 1.29 is 5.11 Å². The van der Waals surface area contributed by atoms with Crippen LogP contribution in [-0.4, -0.2) is 17.3 Å². The number of rotatable bonds is 3. The summed E-state index contributed by atoms with van der Waals surface area (Å²) in [5.74, 6) is 0.239. The number of phenols is 1. The summed E-state index contributed by atoms with van der Waals surface area (Å²) in [5, 5.41) is 14.0. The fourth-order valence-electron chi connectivity index (χ4n) is 1.89. The second-order valence-electron chi connectivity index (χ2n) is 4.22. The Kier molecular flexibility index (Phi) is 4.82. The SMILES string of the molecule is CNC(=S)N(Cc1ccccc1O)c1ccccc1Cl. The number of aromatic hydroxyl groups is 1. The normalized spacial score (nSPS) is 10.1. The molecule has 0 radical (unpaired) electrons. The minimum atomic E-state index is 0.239. The minimum absolute atomic E-state index is 0.239. The summed E-state index contributed by atoms with van der Waals surface area (Å²) in [4.78, 5) is 1.85. The number of benzene rings is 2. The van der Waals surface area contributed by atoms with E-state index in [0.29, 0.717) is 16.7 Å². The second kappa shape index (κ2) is 6.59. The van der Waals surface area contributed by atoms with Crippen LogP contribution in [0.1, 0.15) is 5.56 Å². The van der Waals surface area contributed by atoms with Crippen molar-refractivity contribution in [3.05, 3.63) is 59.1 Å². The lowest BCUT2D eigenvalue weighted by atomic mass is 10.2. The topological polar surface area (TPSA) is 35.5 Å². The van der Waals surface area contributed by atoms with Crippen molar-refractivity contribution >= 4 is 34.6 Å². The van der Waals surface area contributed by atoms with Crippen molar-refractivity contribution in [3.63, 3.8) is 0 Å². The molecule has 0 amide bonds. The Morgan fingerprint density at radius 3 is 2.50 bits per heavy atom. The van der Waals surface area contributed by atoms with E-state index in [-0.39, 0.29) is 5.75 Å². The van der Waals surface area contributed by atoms with Gasteiger partial charge in [-0.2, -0.15) is 0 Å². The number of hydrogen-bond donors (Lipinski definition) is 2. The van der Waals surface area contributed by atoms with Crippen molar-refractivity contribution in [3.8, 4) is 5.75 Å². The zero-order valence-electron chi connectivity index (χ0n) is 11.0. The lowest BCUT2D eigenvalue weighted by Gasteiger charge is -2.26. The number of para-hydroxylation sites is 2. The number of thiocarbonyl (C=S) groups is 1. The maximum Gasteiger partial charge on any atom is 0.173 e. The van der Waals surface area contributed by atoms with Crippen LogP contribution in [0, 0.1) is 0 Å². The van der Waals surface area contributed by atoms with E-state index < -0.39 is 0 Å². The predicted molar refractivity (Wildman–Crippen MR) is 87.4 cm³/mol. The standard InChI is InChI=1S/C15H15ClN2OS/c1-17-15(20)18(13-8-4-3-7-12(13)16)10-11-6-2-5-9-14(11)19/h2-9,19H,10H2,1H3,(H,17,20). The summed E-state index contributed by atoms with van der Waals surface area (Å²) in [6.45, 7) is 0.441. The van der Waals surface area contributed by atoms with Crippen molar-refractivity contribution in [1.82, 2.24) is 5.32 Å². The summed E-state index contributed by atoms with van der Waals surface area (Å²) < 4.78 is 0. The average molecular weight is 307 g/mol. The molecule has 0 aromatic heterocycles. The molecule has 0 saturated carbocycles. The quantitative estimate of drug-likeness (QED) is 0.850. The van der Waals surface area contributed by atoms with Gasteiger partial charge in [0.2, 0.25) is 0 Å². The first-order chi connectivity index (χ1) is 9.63. The second-order valence-corrected chi connectivity index (χ2v) is 5.02. The number of halogens is 1. The number of nitrogens with one attached hydrogen (secondary N) is 1. The first-order valence-corrected chi connectivity index (χ1v) is 6.92. The Labute approximate surface area is 128 Å². The number of nitrogens with zero attached hydrogens (tertiary/aromatic N) is 1. The summed E-state index contributed by atoms with van der Waals surface area (Å²) in [6.07, 6.45) is 0. The molecule has 3 nitrogen and oxygen atoms in total. The highest BCUT2D eigenvalue weighted by Crippen LogP contribution is 2.28. The van der Waals surface area contributed by atoms with Crippen LogP contribution in [0.3, 0.4) is 0 Å². The lowest BCUT2D eigenvalue weighted by Crippen LogP contribution is -2.37. The van der Waals surface area contributed by atoms with Gasteiger partial charge in [0.15, 0.2) is 5.11 Å². The molecule has 0 spiro atoms. The van der Waals surface area contributed by atoms with E-state index in [2.05, 4.69) is 5.32 Å². The van der Waals surface area contributed by atoms with Crippen molar-refractivity contribution in [2.45, 2.75) is 6.54 Å². The molecule has 2 aromatic rings. The van der Waals surface area contributed by atoms with E-state index in [0.717, 1.165) is 11.3 Å². The molecule has 0 saturated heterocycles. The molecular weight excluding hydrogens is 292 g/mol. The molecule has 104 valence electrons. The van der Waals surface area contributed by atoms with Gasteiger partial charge in [-0.25, -0.2) is 0 Å². The van der Waals surface area contributed by atoms with Gasteiger partial charge < -0.3 is 15.3 Å². The molecule has 2 rings (SSSR count). The van der Waals surface area contributed by atoms with Gasteiger partial charge in [0.05, 0.1) is 17.3 Å². The smallest absolute Gasteiger partial charge is 0.173 e. The Balaban J connectivity index is 2.37. The van der Waals surface area contributed by atoms with Gasteiger partial charge in [-0.1, -0.05) is 41.9 Å². The van der Waals surface area contributed by atoms with Gasteiger partial charge in [-0.05, 0) is 30.4 Å². The summed E-state index contributed by atoms with van der Waals surface area (Å²) in [5.41, 5.74) is 1.58. The zero-order chi connectivity index (χ0) is 14.5. The zero-order valence-corrected chi connectivity index (χ0v) is 12.6. The molecule has 0 aliphatic carbocycles. The average Bonchev–Trinajstić information content (AvgIpc) is 2.47. The highest BCUT2D eigenvalue weighted by molar-refractivity contribution is 7.80. The highest BCUT2D eigenvalue weighted by Gasteiger charge is 2.15. The molecule has 0 heterocycles. The van der Waals surface area contributed by atoms with E-state index in [1.54, 1.807) is 19.2 Å². The maximum atomic E-state index is 9.91. The Morgan fingerprint density at radius 1 is 1.20 bits per heavy atom. The van der Waals surface area contributed by atoms with Crippen LogP contribution in [0.25, 0.3) is 0 Å². The predicted octanol–water partition coefficient (Wildman–Crippen LogP) is 3.56. The molecule has 0 atom stereocenters. The molecule has 0 aliphatic heterocycles. The van der Waals surface area contributed by atoms with E-state index in [4.69, 9.17) is 23.8 Å². The maximum absolute atomic E-state index is 9.91. The number of hydrogen-bond acceptors (Lipinski definition) is 2. The fourth-order valence-corrected chi connectivity index (χ4v) is 2.29. The van der Waals surface area contributed by atoms with Crippen molar-refractivity contribution in [1.29, 1.82) is 0 Å². The van der Waals surface area contributed by atoms with Gasteiger partial charge in [0.1, 0.15) is 5.75 Å². The van der Waals surface area contributed by atoms with Crippen molar-refractivity contribution in [2.75, 3.05) is 11.9 Å². The van der Waals surface area contributed by atoms with Gasteiger partial charge in [0, 0.05) is 12.6 Å². The molecule has 0 unspecified atom stereocenters. The van der Waals surface area contributed by atoms with Crippen molar-refractivity contribution in [2.24, 2.45) is 0 Å². The van der Waals surface area contributed by atoms with Crippen LogP contribution < -0.4 is 10.2 Å². The Bertz CT molecular complexity index is 618. The molecule has 0 bridgehead atoms. The fraction of sp³-hybridized carbons (Fsp3) is 0.133. The minimum Gasteiger partial charge on any atom is -0.508 e. The third kappa shape index (κ3) is 3.21. The Hall–Kier alpha value is -1.78. The monoisotopic (exact) mass is 306 g/mol. The van der Waals surface area contributed by atoms with E-state index in [1.165, 1.54) is 0 Å². The molecule has 0 aliphatic rings. The van der Waals surface area contributed by atoms with E-state index >= 15 is 0 Å². The van der Waals surface area contributed by atoms with E-state index in [9.17, 15) is 5.11 Å². The van der Waals surface area contributed by atoms with Gasteiger partial charge >= 0.3 is 0 Å². The molecule has 2 N–H and O–H groups in total. The summed E-state index contributed by atoms with van der Waals surface area (Å²) in [7, 11) is 1.76. The van der Waals surface area contributed by atoms with Crippen LogP contribution in [0.15, 0.2) is 48.5 Å². The highest BCUT2D eigenvalue weighted by atomic mass is 35.5. The van der Waals surface area contributed by atoms with Crippen LogP contribution in [-0.2, 0) is 6.54 Å². The molecular formula is C15H15ClN2OS. The largest absolute Gasteiger partial charge is 0.508 e. The van der Waals surface area contributed by atoms with Crippen LogP contribution in [0.2, 0.25) is 5.02 Å². The molecule has 0 fully saturated rings. The van der Waals surface area contributed by atoms with Gasteiger partial charge in [-0.3, -0.25) is 0 Å². The third-order valence-corrected chi connectivity index (χ3v) is 3.67. The van der Waals surface area contributed by atoms with Gasteiger partial charge in [-0.15, -0.1) is 0 Å². The summed E-state index contributed by atoms with van der Waals surface area (Å²) >= 11 is 11.6. The first kappa shape index (κ1) is 14.6. The molecule has 2 aromatic carbocycles. The van der Waals surface area contributed by atoms with Crippen LogP contribution in [0.5, 0.6) is 5.75 Å².